The summed E-state index contributed by atoms with van der Waals surface area (Å²) in [7, 11) is 0. The lowest BCUT2D eigenvalue weighted by atomic mass is 10.2. The van der Waals surface area contributed by atoms with E-state index in [0.717, 1.165) is 6.20 Å². The molecule has 3 rings (SSSR count). The van der Waals surface area contributed by atoms with Crippen LogP contribution in [0.1, 0.15) is 16.1 Å². The van der Waals surface area contributed by atoms with Crippen molar-refractivity contribution in [2.75, 3.05) is 5.32 Å². The first kappa shape index (κ1) is 17.0. The molecule has 0 aliphatic rings. The summed E-state index contributed by atoms with van der Waals surface area (Å²) < 4.78 is 41.3. The number of para-hydroxylation sites is 2. The first-order chi connectivity index (χ1) is 11.9. The standard InChI is InChI=1S/C17H11ClF3N3O/c18-13-8-4-5-9-14(13)23-16(25)12-10-22-24(15(12)17(19,20)21)11-6-2-1-3-7-11/h1-10H,(H,23,25). The number of hydrogen-bond acceptors (Lipinski definition) is 2. The van der Waals surface area contributed by atoms with Crippen molar-refractivity contribution in [3.63, 3.8) is 0 Å². The number of aromatic nitrogens is 2. The third-order valence-corrected chi connectivity index (χ3v) is 3.73. The molecule has 1 N–H and O–H groups in total. The van der Waals surface area contributed by atoms with Gasteiger partial charge >= 0.3 is 6.18 Å². The van der Waals surface area contributed by atoms with E-state index in [2.05, 4.69) is 10.4 Å². The predicted molar refractivity (Wildman–Crippen MR) is 88.0 cm³/mol. The van der Waals surface area contributed by atoms with E-state index in [0.29, 0.717) is 4.68 Å². The van der Waals surface area contributed by atoms with Crippen LogP contribution in [0.5, 0.6) is 0 Å². The normalized spacial score (nSPS) is 11.4. The number of anilines is 1. The molecule has 0 bridgehead atoms. The molecule has 4 nitrogen and oxygen atoms in total. The van der Waals surface area contributed by atoms with Crippen molar-refractivity contribution < 1.29 is 18.0 Å². The molecule has 128 valence electrons. The molecule has 8 heteroatoms. The summed E-state index contributed by atoms with van der Waals surface area (Å²) in [6.07, 6.45) is -3.87. The van der Waals surface area contributed by atoms with Crippen LogP contribution in [-0.4, -0.2) is 15.7 Å². The van der Waals surface area contributed by atoms with E-state index >= 15 is 0 Å². The highest BCUT2D eigenvalue weighted by Gasteiger charge is 2.40. The summed E-state index contributed by atoms with van der Waals surface area (Å²) in [5.74, 6) is -0.942. The second kappa shape index (κ2) is 6.60. The van der Waals surface area contributed by atoms with E-state index in [1.807, 2.05) is 0 Å². The molecule has 1 amide bonds. The van der Waals surface area contributed by atoms with E-state index in [-0.39, 0.29) is 16.4 Å². The maximum absolute atomic E-state index is 13.5. The number of carbonyl (C=O) groups is 1. The highest BCUT2D eigenvalue weighted by atomic mass is 35.5. The minimum Gasteiger partial charge on any atom is -0.321 e. The van der Waals surface area contributed by atoms with E-state index in [1.165, 1.54) is 24.3 Å². The number of nitrogens with one attached hydrogen (secondary N) is 1. The lowest BCUT2D eigenvalue weighted by Crippen LogP contribution is -2.20. The van der Waals surface area contributed by atoms with Crippen LogP contribution in [0.3, 0.4) is 0 Å². The fraction of sp³-hybridized carbons (Fsp3) is 0.0588. The summed E-state index contributed by atoms with van der Waals surface area (Å²) in [6.45, 7) is 0. The Morgan fingerprint density at radius 3 is 2.32 bits per heavy atom. The summed E-state index contributed by atoms with van der Waals surface area (Å²) in [5.41, 5.74) is -1.32. The van der Waals surface area contributed by atoms with Crippen molar-refractivity contribution in [3.8, 4) is 5.69 Å². The molecule has 0 radical (unpaired) electrons. The lowest BCUT2D eigenvalue weighted by Gasteiger charge is -2.13. The van der Waals surface area contributed by atoms with Gasteiger partial charge in [0.05, 0.1) is 28.2 Å². The second-order valence-corrected chi connectivity index (χ2v) is 5.49. The van der Waals surface area contributed by atoms with Crippen LogP contribution >= 0.6 is 11.6 Å². The van der Waals surface area contributed by atoms with Crippen LogP contribution < -0.4 is 5.32 Å². The van der Waals surface area contributed by atoms with Crippen LogP contribution in [0, 0.1) is 0 Å². The molecule has 0 spiro atoms. The third kappa shape index (κ3) is 3.51. The number of amides is 1. The number of rotatable bonds is 3. The molecular formula is C17H11ClF3N3O. The van der Waals surface area contributed by atoms with Crippen LogP contribution in [-0.2, 0) is 6.18 Å². The van der Waals surface area contributed by atoms with Gasteiger partial charge in [-0.15, -0.1) is 0 Å². The van der Waals surface area contributed by atoms with Gasteiger partial charge in [0, 0.05) is 0 Å². The Labute approximate surface area is 145 Å². The van der Waals surface area contributed by atoms with Crippen LogP contribution in [0.2, 0.25) is 5.02 Å². The number of benzene rings is 2. The Morgan fingerprint density at radius 2 is 1.68 bits per heavy atom. The van der Waals surface area contributed by atoms with Crippen molar-refractivity contribution in [1.29, 1.82) is 0 Å². The Hall–Kier alpha value is -2.80. The van der Waals surface area contributed by atoms with E-state index in [9.17, 15) is 18.0 Å². The van der Waals surface area contributed by atoms with Gasteiger partial charge in [-0.25, -0.2) is 4.68 Å². The molecule has 1 aromatic heterocycles. The fourth-order valence-electron chi connectivity index (χ4n) is 2.30. The lowest BCUT2D eigenvalue weighted by molar-refractivity contribution is -0.143. The first-order valence-electron chi connectivity index (χ1n) is 7.14. The second-order valence-electron chi connectivity index (χ2n) is 5.09. The van der Waals surface area contributed by atoms with Gasteiger partial charge in [0.2, 0.25) is 0 Å². The Balaban J connectivity index is 2.04. The highest BCUT2D eigenvalue weighted by molar-refractivity contribution is 6.33. The monoisotopic (exact) mass is 365 g/mol. The van der Waals surface area contributed by atoms with Crippen molar-refractivity contribution in [2.24, 2.45) is 0 Å². The number of halogens is 4. The summed E-state index contributed by atoms with van der Waals surface area (Å²) in [4.78, 5) is 12.4. The Bertz CT molecular complexity index is 907. The molecule has 0 aliphatic carbocycles. The van der Waals surface area contributed by atoms with Crippen LogP contribution in [0.15, 0.2) is 60.8 Å². The van der Waals surface area contributed by atoms with E-state index < -0.39 is 23.3 Å². The number of hydrogen-bond donors (Lipinski definition) is 1. The molecule has 0 aliphatic heterocycles. The molecule has 1 heterocycles. The quantitative estimate of drug-likeness (QED) is 0.725. The zero-order valence-corrected chi connectivity index (χ0v) is 13.3. The SMILES string of the molecule is O=C(Nc1ccccc1Cl)c1cnn(-c2ccccc2)c1C(F)(F)F. The third-order valence-electron chi connectivity index (χ3n) is 3.41. The molecule has 3 aromatic rings. The van der Waals surface area contributed by atoms with E-state index in [1.54, 1.807) is 30.3 Å². The molecular weight excluding hydrogens is 355 g/mol. The minimum absolute atomic E-state index is 0.201. The van der Waals surface area contributed by atoms with Gasteiger partial charge in [0.25, 0.3) is 5.91 Å². The molecule has 0 saturated heterocycles. The van der Waals surface area contributed by atoms with E-state index in [4.69, 9.17) is 11.6 Å². The maximum Gasteiger partial charge on any atom is 0.434 e. The topological polar surface area (TPSA) is 46.9 Å². The van der Waals surface area contributed by atoms with Crippen molar-refractivity contribution in [2.45, 2.75) is 6.18 Å². The number of alkyl halides is 3. The van der Waals surface area contributed by atoms with Crippen molar-refractivity contribution in [3.05, 3.63) is 77.1 Å². The largest absolute Gasteiger partial charge is 0.434 e. The highest BCUT2D eigenvalue weighted by Crippen LogP contribution is 2.34. The number of nitrogens with zero attached hydrogens (tertiary/aromatic N) is 2. The van der Waals surface area contributed by atoms with Gasteiger partial charge in [-0.05, 0) is 24.3 Å². The smallest absolute Gasteiger partial charge is 0.321 e. The molecule has 25 heavy (non-hydrogen) atoms. The average Bonchev–Trinajstić information content (AvgIpc) is 3.03. The molecule has 0 saturated carbocycles. The molecule has 0 fully saturated rings. The summed E-state index contributed by atoms with van der Waals surface area (Å²) in [6, 6.07) is 14.1. The Morgan fingerprint density at radius 1 is 1.04 bits per heavy atom. The zero-order chi connectivity index (χ0) is 18.0. The average molecular weight is 366 g/mol. The molecule has 2 aromatic carbocycles. The maximum atomic E-state index is 13.5. The molecule has 0 unspecified atom stereocenters. The fourth-order valence-corrected chi connectivity index (χ4v) is 2.49. The van der Waals surface area contributed by atoms with Crippen LogP contribution in [0.4, 0.5) is 18.9 Å². The Kier molecular flexibility index (Phi) is 4.50. The minimum atomic E-state index is -4.76. The van der Waals surface area contributed by atoms with Gasteiger partial charge in [0.15, 0.2) is 5.69 Å². The summed E-state index contributed by atoms with van der Waals surface area (Å²) in [5, 5.41) is 6.34. The van der Waals surface area contributed by atoms with Gasteiger partial charge in [-0.2, -0.15) is 18.3 Å². The zero-order valence-electron chi connectivity index (χ0n) is 12.6. The van der Waals surface area contributed by atoms with Gasteiger partial charge < -0.3 is 5.32 Å². The first-order valence-corrected chi connectivity index (χ1v) is 7.52. The van der Waals surface area contributed by atoms with Crippen molar-refractivity contribution >= 4 is 23.2 Å². The van der Waals surface area contributed by atoms with Gasteiger partial charge in [-0.3, -0.25) is 4.79 Å². The van der Waals surface area contributed by atoms with Crippen LogP contribution in [0.25, 0.3) is 5.69 Å². The predicted octanol–water partition coefficient (Wildman–Crippen LogP) is 4.80. The number of carbonyl (C=O) groups excluding carboxylic acids is 1. The molecule has 0 atom stereocenters. The van der Waals surface area contributed by atoms with Crippen molar-refractivity contribution in [1.82, 2.24) is 9.78 Å². The van der Waals surface area contributed by atoms with Gasteiger partial charge in [-0.1, -0.05) is 41.9 Å². The van der Waals surface area contributed by atoms with Gasteiger partial charge in [0.1, 0.15) is 0 Å². The summed E-state index contributed by atoms with van der Waals surface area (Å²) >= 11 is 5.93.